The van der Waals surface area contributed by atoms with Gasteiger partial charge in [0.05, 0.1) is 0 Å². The standard InChI is InChI=1S/C15H20O2/c1-4-5-6-9-17-11-15(16)14-8-7-12(2)13(3)10-14/h4,7-8,10H,1,5-6,9,11H2,2-3H3. The van der Waals surface area contributed by atoms with Crippen molar-refractivity contribution >= 4 is 5.78 Å². The van der Waals surface area contributed by atoms with Gasteiger partial charge in [-0.1, -0.05) is 18.2 Å². The molecular weight excluding hydrogens is 212 g/mol. The van der Waals surface area contributed by atoms with Crippen LogP contribution in [0.1, 0.15) is 34.3 Å². The van der Waals surface area contributed by atoms with Crippen LogP contribution >= 0.6 is 0 Å². The van der Waals surface area contributed by atoms with Gasteiger partial charge in [-0.3, -0.25) is 4.79 Å². The van der Waals surface area contributed by atoms with E-state index in [0.717, 1.165) is 24.0 Å². The van der Waals surface area contributed by atoms with E-state index in [0.29, 0.717) is 6.61 Å². The van der Waals surface area contributed by atoms with Crippen molar-refractivity contribution in [3.63, 3.8) is 0 Å². The Kier molecular flexibility index (Phi) is 5.64. The number of Topliss-reactive ketones (excluding diaryl/α,β-unsaturated/α-hetero) is 1. The van der Waals surface area contributed by atoms with Gasteiger partial charge in [0.15, 0.2) is 5.78 Å². The SMILES string of the molecule is C=CCCCOCC(=O)c1ccc(C)c(C)c1. The number of rotatable bonds is 7. The Morgan fingerprint density at radius 2 is 2.12 bits per heavy atom. The molecule has 0 bridgehead atoms. The molecule has 0 aliphatic heterocycles. The van der Waals surface area contributed by atoms with Crippen LogP contribution in [0.25, 0.3) is 0 Å². The normalized spacial score (nSPS) is 10.2. The van der Waals surface area contributed by atoms with Crippen LogP contribution in [-0.4, -0.2) is 19.0 Å². The third kappa shape index (κ3) is 4.53. The maximum absolute atomic E-state index is 11.8. The lowest BCUT2D eigenvalue weighted by atomic mass is 10.0. The van der Waals surface area contributed by atoms with Crippen LogP contribution in [0.15, 0.2) is 30.9 Å². The average molecular weight is 232 g/mol. The zero-order valence-electron chi connectivity index (χ0n) is 10.7. The molecule has 0 fully saturated rings. The summed E-state index contributed by atoms with van der Waals surface area (Å²) in [6.45, 7) is 8.46. The monoisotopic (exact) mass is 232 g/mol. The summed E-state index contributed by atoms with van der Waals surface area (Å²) in [5.74, 6) is 0.0479. The molecule has 0 spiro atoms. The first-order valence-corrected chi connectivity index (χ1v) is 5.94. The number of ether oxygens (including phenoxy) is 1. The van der Waals surface area contributed by atoms with Gasteiger partial charge in [0.2, 0.25) is 0 Å². The van der Waals surface area contributed by atoms with Crippen LogP contribution < -0.4 is 0 Å². The maximum atomic E-state index is 11.8. The Labute approximate surface area is 103 Å². The van der Waals surface area contributed by atoms with E-state index in [1.54, 1.807) is 0 Å². The van der Waals surface area contributed by atoms with Gasteiger partial charge in [0.25, 0.3) is 0 Å². The lowest BCUT2D eigenvalue weighted by Crippen LogP contribution is -2.10. The van der Waals surface area contributed by atoms with Crippen LogP contribution in [0.5, 0.6) is 0 Å². The summed E-state index contributed by atoms with van der Waals surface area (Å²) in [7, 11) is 0. The third-order valence-corrected chi connectivity index (χ3v) is 2.76. The van der Waals surface area contributed by atoms with Crippen molar-refractivity contribution in [2.75, 3.05) is 13.2 Å². The molecule has 0 atom stereocenters. The minimum atomic E-state index is 0.0479. The predicted molar refractivity (Wildman–Crippen MR) is 70.5 cm³/mol. The predicted octanol–water partition coefficient (Wildman–Crippen LogP) is 3.47. The van der Waals surface area contributed by atoms with Gasteiger partial charge in [0.1, 0.15) is 6.61 Å². The van der Waals surface area contributed by atoms with Gasteiger partial charge in [-0.2, -0.15) is 0 Å². The molecule has 0 saturated heterocycles. The van der Waals surface area contributed by atoms with Crippen molar-refractivity contribution < 1.29 is 9.53 Å². The molecule has 0 aromatic heterocycles. The summed E-state index contributed by atoms with van der Waals surface area (Å²) in [6.07, 6.45) is 3.70. The average Bonchev–Trinajstić information content (AvgIpc) is 2.32. The van der Waals surface area contributed by atoms with Crippen LogP contribution in [-0.2, 0) is 4.74 Å². The maximum Gasteiger partial charge on any atom is 0.188 e. The fourth-order valence-corrected chi connectivity index (χ4v) is 1.49. The van der Waals surface area contributed by atoms with Crippen LogP contribution in [0.2, 0.25) is 0 Å². The van der Waals surface area contributed by atoms with Gasteiger partial charge in [-0.05, 0) is 43.9 Å². The molecule has 0 unspecified atom stereocenters. The summed E-state index contributed by atoms with van der Waals surface area (Å²) < 4.78 is 5.32. The molecule has 0 heterocycles. The molecule has 0 aliphatic rings. The number of hydrogen-bond donors (Lipinski definition) is 0. The molecule has 0 radical (unpaired) electrons. The van der Waals surface area contributed by atoms with E-state index < -0.39 is 0 Å². The number of allylic oxidation sites excluding steroid dienone is 1. The van der Waals surface area contributed by atoms with E-state index in [1.807, 2.05) is 38.1 Å². The van der Waals surface area contributed by atoms with Crippen LogP contribution in [0.3, 0.4) is 0 Å². The Morgan fingerprint density at radius 3 is 2.76 bits per heavy atom. The van der Waals surface area contributed by atoms with E-state index in [-0.39, 0.29) is 12.4 Å². The molecule has 92 valence electrons. The van der Waals surface area contributed by atoms with Crippen molar-refractivity contribution in [1.29, 1.82) is 0 Å². The molecule has 1 rings (SSSR count). The topological polar surface area (TPSA) is 26.3 Å². The zero-order chi connectivity index (χ0) is 12.7. The first kappa shape index (κ1) is 13.7. The second kappa shape index (κ2) is 7.02. The van der Waals surface area contributed by atoms with Gasteiger partial charge in [-0.25, -0.2) is 0 Å². The molecule has 0 amide bonds. The van der Waals surface area contributed by atoms with Crippen molar-refractivity contribution in [2.24, 2.45) is 0 Å². The zero-order valence-corrected chi connectivity index (χ0v) is 10.7. The molecule has 2 heteroatoms. The van der Waals surface area contributed by atoms with Gasteiger partial charge >= 0.3 is 0 Å². The van der Waals surface area contributed by atoms with Crippen LogP contribution in [0, 0.1) is 13.8 Å². The van der Waals surface area contributed by atoms with Gasteiger partial charge in [0, 0.05) is 12.2 Å². The van der Waals surface area contributed by atoms with E-state index >= 15 is 0 Å². The lowest BCUT2D eigenvalue weighted by molar-refractivity contribution is 0.0757. The number of carbonyl (C=O) groups is 1. The molecule has 2 nitrogen and oxygen atoms in total. The highest BCUT2D eigenvalue weighted by molar-refractivity contribution is 5.97. The van der Waals surface area contributed by atoms with Crippen molar-refractivity contribution in [3.8, 4) is 0 Å². The highest BCUT2D eigenvalue weighted by Crippen LogP contribution is 2.10. The minimum Gasteiger partial charge on any atom is -0.373 e. The summed E-state index contributed by atoms with van der Waals surface area (Å²) in [4.78, 5) is 11.8. The number of ketones is 1. The van der Waals surface area contributed by atoms with E-state index in [9.17, 15) is 4.79 Å². The number of benzene rings is 1. The Morgan fingerprint density at radius 1 is 1.35 bits per heavy atom. The smallest absolute Gasteiger partial charge is 0.188 e. The highest BCUT2D eigenvalue weighted by atomic mass is 16.5. The Bertz CT molecular complexity index is 394. The Balaban J connectivity index is 2.41. The molecule has 0 N–H and O–H groups in total. The number of unbranched alkanes of at least 4 members (excludes halogenated alkanes) is 1. The highest BCUT2D eigenvalue weighted by Gasteiger charge is 2.06. The van der Waals surface area contributed by atoms with Gasteiger partial charge in [-0.15, -0.1) is 6.58 Å². The fourth-order valence-electron chi connectivity index (χ4n) is 1.49. The molecule has 1 aromatic carbocycles. The number of carbonyl (C=O) groups excluding carboxylic acids is 1. The largest absolute Gasteiger partial charge is 0.373 e. The van der Waals surface area contributed by atoms with E-state index in [2.05, 4.69) is 6.58 Å². The molecule has 1 aromatic rings. The molecule has 0 saturated carbocycles. The first-order chi connectivity index (χ1) is 8.15. The molecule has 0 aliphatic carbocycles. The third-order valence-electron chi connectivity index (χ3n) is 2.76. The van der Waals surface area contributed by atoms with Crippen molar-refractivity contribution in [3.05, 3.63) is 47.5 Å². The van der Waals surface area contributed by atoms with E-state index in [1.165, 1.54) is 5.56 Å². The Hall–Kier alpha value is -1.41. The first-order valence-electron chi connectivity index (χ1n) is 5.94. The summed E-state index contributed by atoms with van der Waals surface area (Å²) in [6, 6.07) is 5.75. The summed E-state index contributed by atoms with van der Waals surface area (Å²) in [5.41, 5.74) is 3.08. The van der Waals surface area contributed by atoms with E-state index in [4.69, 9.17) is 4.74 Å². The fraction of sp³-hybridized carbons (Fsp3) is 0.400. The van der Waals surface area contributed by atoms with Crippen molar-refractivity contribution in [2.45, 2.75) is 26.7 Å². The quantitative estimate of drug-likeness (QED) is 0.409. The van der Waals surface area contributed by atoms with Crippen LogP contribution in [0.4, 0.5) is 0 Å². The molecule has 17 heavy (non-hydrogen) atoms. The minimum absolute atomic E-state index is 0.0479. The number of aryl methyl sites for hydroxylation is 2. The molecular formula is C15H20O2. The summed E-state index contributed by atoms with van der Waals surface area (Å²) >= 11 is 0. The number of hydrogen-bond acceptors (Lipinski definition) is 2. The van der Waals surface area contributed by atoms with Gasteiger partial charge < -0.3 is 4.74 Å². The second-order valence-corrected chi connectivity index (χ2v) is 4.21. The van der Waals surface area contributed by atoms with Crippen molar-refractivity contribution in [1.82, 2.24) is 0 Å². The second-order valence-electron chi connectivity index (χ2n) is 4.21. The summed E-state index contributed by atoms with van der Waals surface area (Å²) in [5, 5.41) is 0. The lowest BCUT2D eigenvalue weighted by Gasteiger charge is -2.05.